The number of fused-ring (bicyclic) bond motifs is 1. The Morgan fingerprint density at radius 3 is 2.56 bits per heavy atom. The number of carbonyl (C=O) groups excluding carboxylic acids is 1. The predicted octanol–water partition coefficient (Wildman–Crippen LogP) is 2.11. The van der Waals surface area contributed by atoms with Gasteiger partial charge in [-0.05, 0) is 33.1 Å². The monoisotopic (exact) mass is 345 g/mol. The van der Waals surface area contributed by atoms with Crippen molar-refractivity contribution in [2.45, 2.75) is 45.6 Å². The number of cyclic esters (lactones) is 1. The van der Waals surface area contributed by atoms with Crippen LogP contribution in [0.2, 0.25) is 0 Å². The maximum absolute atomic E-state index is 12.0. The van der Waals surface area contributed by atoms with Crippen molar-refractivity contribution in [3.8, 4) is 0 Å². The van der Waals surface area contributed by atoms with Crippen LogP contribution in [0.4, 0.5) is 16.6 Å². The highest BCUT2D eigenvalue weighted by Crippen LogP contribution is 2.35. The Morgan fingerprint density at radius 1 is 1.08 bits per heavy atom. The second-order valence-electron chi connectivity index (χ2n) is 7.46. The number of hydrogen-bond donors (Lipinski definition) is 0. The summed E-state index contributed by atoms with van der Waals surface area (Å²) in [5.41, 5.74) is 1.94. The molecule has 1 aromatic heterocycles. The van der Waals surface area contributed by atoms with Gasteiger partial charge in [0.1, 0.15) is 12.4 Å². The summed E-state index contributed by atoms with van der Waals surface area (Å²) in [6.07, 6.45) is 3.14. The molecule has 3 aliphatic rings. The first-order valence-corrected chi connectivity index (χ1v) is 9.33. The average molecular weight is 345 g/mol. The van der Waals surface area contributed by atoms with E-state index in [4.69, 9.17) is 14.7 Å². The van der Waals surface area contributed by atoms with Crippen LogP contribution in [0.3, 0.4) is 0 Å². The number of hydrogen-bond acceptors (Lipinski definition) is 6. The summed E-state index contributed by atoms with van der Waals surface area (Å²) in [6, 6.07) is 0. The standard InChI is InChI=1S/C18H27N5O2/c1-4-18-11-22(9-10-23(18)17(24)25-12-18)15-13(2)14(3)19-16(20-15)21-7-5-6-8-21/h4-12H2,1-3H3. The van der Waals surface area contributed by atoms with Gasteiger partial charge in [-0.1, -0.05) is 6.92 Å². The van der Waals surface area contributed by atoms with Crippen molar-refractivity contribution in [1.29, 1.82) is 0 Å². The molecule has 0 bridgehead atoms. The summed E-state index contributed by atoms with van der Waals surface area (Å²) in [6.45, 7) is 11.1. The molecule has 3 fully saturated rings. The minimum Gasteiger partial charge on any atom is -0.447 e. The van der Waals surface area contributed by atoms with Gasteiger partial charge in [0, 0.05) is 44.0 Å². The molecule has 1 amide bonds. The van der Waals surface area contributed by atoms with E-state index in [1.54, 1.807) is 0 Å². The minimum atomic E-state index is -0.228. The van der Waals surface area contributed by atoms with E-state index in [2.05, 4.69) is 30.6 Å². The molecular formula is C18H27N5O2. The smallest absolute Gasteiger partial charge is 0.410 e. The van der Waals surface area contributed by atoms with Crippen LogP contribution >= 0.6 is 0 Å². The third-order valence-corrected chi connectivity index (χ3v) is 6.03. The number of aromatic nitrogens is 2. The summed E-state index contributed by atoms with van der Waals surface area (Å²) in [5.74, 6) is 1.86. The average Bonchev–Trinajstić information content (AvgIpc) is 3.26. The Balaban J connectivity index is 1.66. The highest BCUT2D eigenvalue weighted by Gasteiger charge is 2.50. The van der Waals surface area contributed by atoms with E-state index in [1.165, 1.54) is 12.8 Å². The third-order valence-electron chi connectivity index (χ3n) is 6.03. The van der Waals surface area contributed by atoms with Gasteiger partial charge in [-0.2, -0.15) is 4.98 Å². The van der Waals surface area contributed by atoms with Gasteiger partial charge in [0.05, 0.1) is 5.54 Å². The van der Waals surface area contributed by atoms with Gasteiger partial charge < -0.3 is 14.5 Å². The summed E-state index contributed by atoms with van der Waals surface area (Å²) in [5, 5.41) is 0. The molecular weight excluding hydrogens is 318 g/mol. The molecule has 4 rings (SSSR count). The van der Waals surface area contributed by atoms with Gasteiger partial charge in [-0.3, -0.25) is 4.90 Å². The molecule has 7 heteroatoms. The molecule has 4 heterocycles. The van der Waals surface area contributed by atoms with Crippen molar-refractivity contribution in [2.75, 3.05) is 49.1 Å². The number of amides is 1. The van der Waals surface area contributed by atoms with E-state index in [-0.39, 0.29) is 11.6 Å². The summed E-state index contributed by atoms with van der Waals surface area (Å²) in [4.78, 5) is 28.2. The van der Waals surface area contributed by atoms with Crippen LogP contribution in [0, 0.1) is 13.8 Å². The number of anilines is 2. The van der Waals surface area contributed by atoms with Crippen LogP contribution in [0.1, 0.15) is 37.4 Å². The Bertz CT molecular complexity index is 688. The lowest BCUT2D eigenvalue weighted by Crippen LogP contribution is -2.61. The molecule has 1 aromatic rings. The molecule has 0 radical (unpaired) electrons. The molecule has 136 valence electrons. The van der Waals surface area contributed by atoms with Crippen molar-refractivity contribution < 1.29 is 9.53 Å². The van der Waals surface area contributed by atoms with Crippen molar-refractivity contribution >= 4 is 17.9 Å². The van der Waals surface area contributed by atoms with Gasteiger partial charge in [0.25, 0.3) is 0 Å². The summed E-state index contributed by atoms with van der Waals surface area (Å²) in [7, 11) is 0. The fourth-order valence-electron chi connectivity index (χ4n) is 4.21. The predicted molar refractivity (Wildman–Crippen MR) is 96.2 cm³/mol. The highest BCUT2D eigenvalue weighted by atomic mass is 16.6. The first kappa shape index (κ1) is 16.4. The zero-order chi connectivity index (χ0) is 17.6. The molecule has 1 unspecified atom stereocenters. The van der Waals surface area contributed by atoms with Crippen molar-refractivity contribution in [3.05, 3.63) is 11.3 Å². The van der Waals surface area contributed by atoms with E-state index < -0.39 is 0 Å². The molecule has 3 aliphatic heterocycles. The maximum Gasteiger partial charge on any atom is 0.410 e. The van der Waals surface area contributed by atoms with E-state index in [0.29, 0.717) is 13.2 Å². The molecule has 0 N–H and O–H groups in total. The summed E-state index contributed by atoms with van der Waals surface area (Å²) < 4.78 is 5.36. The number of aryl methyl sites for hydroxylation is 1. The second kappa shape index (κ2) is 6.04. The first-order chi connectivity index (χ1) is 12.0. The molecule has 0 spiro atoms. The number of nitrogens with zero attached hydrogens (tertiary/aromatic N) is 5. The molecule has 3 saturated heterocycles. The van der Waals surface area contributed by atoms with Gasteiger partial charge in [-0.25, -0.2) is 9.78 Å². The minimum absolute atomic E-state index is 0.171. The molecule has 1 atom stereocenters. The molecule has 0 saturated carbocycles. The van der Waals surface area contributed by atoms with E-state index in [0.717, 1.165) is 55.6 Å². The van der Waals surface area contributed by atoms with Crippen molar-refractivity contribution in [1.82, 2.24) is 14.9 Å². The van der Waals surface area contributed by atoms with E-state index in [9.17, 15) is 4.79 Å². The topological polar surface area (TPSA) is 61.8 Å². The zero-order valence-electron chi connectivity index (χ0n) is 15.4. The van der Waals surface area contributed by atoms with E-state index in [1.807, 2.05) is 4.90 Å². The third kappa shape index (κ3) is 2.60. The normalized spacial score (nSPS) is 26.2. The quantitative estimate of drug-likeness (QED) is 0.836. The van der Waals surface area contributed by atoms with Crippen LogP contribution in [-0.4, -0.2) is 65.8 Å². The SMILES string of the molecule is CCC12COC(=O)N1CCN(c1nc(N3CCCC3)nc(C)c1C)C2. The maximum atomic E-state index is 12.0. The molecule has 7 nitrogen and oxygen atoms in total. The van der Waals surface area contributed by atoms with Crippen LogP contribution in [0.25, 0.3) is 0 Å². The van der Waals surface area contributed by atoms with Crippen molar-refractivity contribution in [3.63, 3.8) is 0 Å². The van der Waals surface area contributed by atoms with Gasteiger partial charge >= 0.3 is 6.09 Å². The number of carbonyl (C=O) groups is 1. The number of piperazine rings is 1. The fourth-order valence-corrected chi connectivity index (χ4v) is 4.21. The van der Waals surface area contributed by atoms with Crippen LogP contribution in [0.15, 0.2) is 0 Å². The Hall–Kier alpha value is -2.05. The lowest BCUT2D eigenvalue weighted by Gasteiger charge is -2.45. The Morgan fingerprint density at radius 2 is 1.84 bits per heavy atom. The van der Waals surface area contributed by atoms with E-state index >= 15 is 0 Å². The fraction of sp³-hybridized carbons (Fsp3) is 0.722. The number of ether oxygens (including phenoxy) is 1. The molecule has 0 aromatic carbocycles. The number of rotatable bonds is 3. The summed E-state index contributed by atoms with van der Waals surface area (Å²) >= 11 is 0. The lowest BCUT2D eigenvalue weighted by molar-refractivity contribution is 0.137. The lowest BCUT2D eigenvalue weighted by atomic mass is 9.92. The van der Waals surface area contributed by atoms with Gasteiger partial charge in [0.15, 0.2) is 0 Å². The second-order valence-corrected chi connectivity index (χ2v) is 7.46. The Labute approximate surface area is 149 Å². The molecule has 0 aliphatic carbocycles. The van der Waals surface area contributed by atoms with Crippen LogP contribution in [-0.2, 0) is 4.74 Å². The van der Waals surface area contributed by atoms with Gasteiger partial charge in [0.2, 0.25) is 5.95 Å². The zero-order valence-corrected chi connectivity index (χ0v) is 15.4. The Kier molecular flexibility index (Phi) is 3.96. The van der Waals surface area contributed by atoms with Crippen LogP contribution < -0.4 is 9.80 Å². The first-order valence-electron chi connectivity index (χ1n) is 9.33. The van der Waals surface area contributed by atoms with Crippen molar-refractivity contribution in [2.24, 2.45) is 0 Å². The van der Waals surface area contributed by atoms with Gasteiger partial charge in [-0.15, -0.1) is 0 Å². The highest BCUT2D eigenvalue weighted by molar-refractivity contribution is 5.72. The largest absolute Gasteiger partial charge is 0.447 e. The van der Waals surface area contributed by atoms with Crippen LogP contribution in [0.5, 0.6) is 0 Å². The molecule has 25 heavy (non-hydrogen) atoms.